The number of carbonyl (C=O) groups excluding carboxylic acids is 2. The largest absolute Gasteiger partial charge is 0.550 e. The van der Waals surface area contributed by atoms with Gasteiger partial charge >= 0.3 is 5.97 Å². The summed E-state index contributed by atoms with van der Waals surface area (Å²) in [6.45, 7) is 2.38. The molecule has 150 valence electrons. The Hall–Kier alpha value is -1.66. The molecule has 0 aromatic heterocycles. The summed E-state index contributed by atoms with van der Waals surface area (Å²) in [4.78, 5) is 22.7. The number of allylic oxidation sites excluding steroid dienone is 4. The molecule has 2 unspecified atom stereocenters. The highest BCUT2D eigenvalue weighted by Crippen LogP contribution is 2.11. The lowest BCUT2D eigenvalue weighted by atomic mass is 10.1. The summed E-state index contributed by atoms with van der Waals surface area (Å²) in [5.41, 5.74) is 0. The van der Waals surface area contributed by atoms with Crippen molar-refractivity contribution in [3.63, 3.8) is 0 Å². The molecule has 1 N–H and O–H groups in total. The highest BCUT2D eigenvalue weighted by molar-refractivity contribution is 5.70. The van der Waals surface area contributed by atoms with Gasteiger partial charge in [0.15, 0.2) is 6.10 Å². The van der Waals surface area contributed by atoms with E-state index in [0.29, 0.717) is 30.3 Å². The molecule has 0 amide bonds. The number of aliphatic hydroxyl groups excluding tert-OH is 1. The van der Waals surface area contributed by atoms with Crippen LogP contribution in [0.25, 0.3) is 0 Å². The van der Waals surface area contributed by atoms with Crippen LogP contribution in [0.1, 0.15) is 51.9 Å². The maximum absolute atomic E-state index is 11.9. The van der Waals surface area contributed by atoms with Gasteiger partial charge in [0.05, 0.1) is 27.2 Å². The summed E-state index contributed by atoms with van der Waals surface area (Å²) in [7, 11) is 5.71. The number of esters is 1. The predicted octanol–water partition coefficient (Wildman–Crippen LogP) is 1.58. The van der Waals surface area contributed by atoms with E-state index >= 15 is 0 Å². The van der Waals surface area contributed by atoms with Gasteiger partial charge in [-0.05, 0) is 39.0 Å². The molecule has 0 fully saturated rings. The van der Waals surface area contributed by atoms with Gasteiger partial charge < -0.3 is 24.2 Å². The molecular weight excluding hydrogens is 334 g/mol. The fourth-order valence-electron chi connectivity index (χ4n) is 2.53. The molecule has 0 saturated carbocycles. The Morgan fingerprint density at radius 2 is 1.85 bits per heavy atom. The first-order valence-corrected chi connectivity index (χ1v) is 9.28. The minimum Gasteiger partial charge on any atom is -0.550 e. The third kappa shape index (κ3) is 15.8. The Morgan fingerprint density at radius 3 is 2.42 bits per heavy atom. The number of ether oxygens (including phenoxy) is 1. The van der Waals surface area contributed by atoms with Gasteiger partial charge in [-0.2, -0.15) is 0 Å². The Kier molecular flexibility index (Phi) is 12.7. The van der Waals surface area contributed by atoms with Crippen LogP contribution in [-0.4, -0.2) is 61.4 Å². The van der Waals surface area contributed by atoms with Crippen LogP contribution in [0.4, 0.5) is 0 Å². The van der Waals surface area contributed by atoms with Gasteiger partial charge in [0.25, 0.3) is 0 Å². The molecular formula is C20H35NO5. The van der Waals surface area contributed by atoms with E-state index in [1.807, 2.05) is 40.2 Å². The standard InChI is InChI=1S/C20H35NO5/c1-5-6-7-8-9-10-12-17(22)13-11-14-20(25)26-18(15-19(23)24)16-21(2,3)4/h5-6,8-9,17-18,22H,7,10-16H2,1-4H3/b6-5+,9-8+. The van der Waals surface area contributed by atoms with Crippen LogP contribution in [0.3, 0.4) is 0 Å². The van der Waals surface area contributed by atoms with E-state index in [1.54, 1.807) is 0 Å². The topological polar surface area (TPSA) is 86.7 Å². The van der Waals surface area contributed by atoms with Crippen molar-refractivity contribution in [2.75, 3.05) is 27.7 Å². The predicted molar refractivity (Wildman–Crippen MR) is 100 cm³/mol. The first kappa shape index (κ1) is 24.3. The molecule has 0 aliphatic carbocycles. The highest BCUT2D eigenvalue weighted by Gasteiger charge is 2.22. The molecule has 0 saturated heterocycles. The van der Waals surface area contributed by atoms with Gasteiger partial charge in [-0.15, -0.1) is 0 Å². The number of hydrogen-bond donors (Lipinski definition) is 1. The van der Waals surface area contributed by atoms with Crippen LogP contribution in [0, 0.1) is 0 Å². The lowest BCUT2D eigenvalue weighted by Crippen LogP contribution is -2.45. The second kappa shape index (κ2) is 13.5. The molecule has 0 aromatic rings. The first-order chi connectivity index (χ1) is 12.1. The van der Waals surface area contributed by atoms with Crippen LogP contribution < -0.4 is 5.11 Å². The number of aliphatic hydroxyl groups is 1. The van der Waals surface area contributed by atoms with Crippen molar-refractivity contribution in [1.82, 2.24) is 0 Å². The molecule has 0 aliphatic rings. The van der Waals surface area contributed by atoms with E-state index in [9.17, 15) is 19.8 Å². The molecule has 0 aromatic carbocycles. The summed E-state index contributed by atoms with van der Waals surface area (Å²) in [5.74, 6) is -1.66. The van der Waals surface area contributed by atoms with E-state index < -0.39 is 24.1 Å². The molecule has 6 heteroatoms. The lowest BCUT2D eigenvalue weighted by molar-refractivity contribution is -0.873. The number of quaternary nitrogens is 1. The van der Waals surface area contributed by atoms with E-state index in [4.69, 9.17) is 4.74 Å². The SMILES string of the molecule is C/C=C/C/C=C/CCC(O)CCCC(=O)OC(CC(=O)[O-])C[N+](C)(C)C. The number of rotatable bonds is 14. The number of hydrogen-bond acceptors (Lipinski definition) is 5. The molecule has 6 nitrogen and oxygen atoms in total. The van der Waals surface area contributed by atoms with Gasteiger partial charge in [0.1, 0.15) is 6.54 Å². The van der Waals surface area contributed by atoms with Gasteiger partial charge in [0.2, 0.25) is 0 Å². The van der Waals surface area contributed by atoms with Crippen LogP contribution in [0.15, 0.2) is 24.3 Å². The fraction of sp³-hybridized carbons (Fsp3) is 0.700. The van der Waals surface area contributed by atoms with Crippen molar-refractivity contribution in [1.29, 1.82) is 0 Å². The Labute approximate surface area is 157 Å². The van der Waals surface area contributed by atoms with Crippen molar-refractivity contribution in [3.8, 4) is 0 Å². The van der Waals surface area contributed by atoms with Gasteiger partial charge in [0, 0.05) is 18.8 Å². The van der Waals surface area contributed by atoms with Crippen LogP contribution in [-0.2, 0) is 14.3 Å². The normalized spacial score (nSPS) is 14.7. The minimum atomic E-state index is -1.23. The van der Waals surface area contributed by atoms with E-state index in [2.05, 4.69) is 12.2 Å². The maximum atomic E-state index is 11.9. The summed E-state index contributed by atoms with van der Waals surface area (Å²) in [5, 5.41) is 20.7. The number of carboxylic acid groups (broad SMARTS) is 1. The Morgan fingerprint density at radius 1 is 1.15 bits per heavy atom. The lowest BCUT2D eigenvalue weighted by Gasteiger charge is -2.29. The summed E-state index contributed by atoms with van der Waals surface area (Å²) >= 11 is 0. The Bertz CT molecular complexity index is 465. The molecule has 0 rings (SSSR count). The van der Waals surface area contributed by atoms with Crippen molar-refractivity contribution in [2.45, 2.75) is 64.1 Å². The molecule has 2 atom stereocenters. The van der Waals surface area contributed by atoms with E-state index in [-0.39, 0.29) is 12.8 Å². The number of likely N-dealkylation sites (N-methyl/N-ethyl adjacent to an activating group) is 1. The van der Waals surface area contributed by atoms with Gasteiger partial charge in [-0.3, -0.25) is 4.79 Å². The minimum absolute atomic E-state index is 0.175. The average Bonchev–Trinajstić information content (AvgIpc) is 2.48. The summed E-state index contributed by atoms with van der Waals surface area (Å²) in [6.07, 6.45) is 10.3. The zero-order chi connectivity index (χ0) is 20.0. The van der Waals surface area contributed by atoms with Crippen molar-refractivity contribution in [3.05, 3.63) is 24.3 Å². The molecule has 0 aliphatic heterocycles. The molecule has 0 bridgehead atoms. The smallest absolute Gasteiger partial charge is 0.306 e. The van der Waals surface area contributed by atoms with Crippen LogP contribution >= 0.6 is 0 Å². The quantitative estimate of drug-likeness (QED) is 0.285. The molecule has 0 radical (unpaired) electrons. The first-order valence-electron chi connectivity index (χ1n) is 9.28. The van der Waals surface area contributed by atoms with Crippen molar-refractivity contribution in [2.24, 2.45) is 0 Å². The monoisotopic (exact) mass is 369 g/mol. The van der Waals surface area contributed by atoms with Crippen LogP contribution in [0.5, 0.6) is 0 Å². The third-order valence-electron chi connectivity index (χ3n) is 3.70. The Balaban J connectivity index is 4.07. The maximum Gasteiger partial charge on any atom is 0.306 e. The highest BCUT2D eigenvalue weighted by atomic mass is 16.5. The molecule has 0 spiro atoms. The number of nitrogens with zero attached hydrogens (tertiary/aromatic N) is 1. The number of aliphatic carboxylic acids is 1. The molecule has 26 heavy (non-hydrogen) atoms. The zero-order valence-corrected chi connectivity index (χ0v) is 16.6. The summed E-state index contributed by atoms with van der Waals surface area (Å²) in [6, 6.07) is 0. The second-order valence-corrected chi connectivity index (χ2v) is 7.56. The van der Waals surface area contributed by atoms with E-state index in [1.165, 1.54) is 0 Å². The zero-order valence-electron chi connectivity index (χ0n) is 16.6. The van der Waals surface area contributed by atoms with Gasteiger partial charge in [-0.25, -0.2) is 0 Å². The second-order valence-electron chi connectivity index (χ2n) is 7.56. The number of carboxylic acids is 1. The molecule has 0 heterocycles. The summed E-state index contributed by atoms with van der Waals surface area (Å²) < 4.78 is 5.77. The van der Waals surface area contributed by atoms with Gasteiger partial charge in [-0.1, -0.05) is 24.3 Å². The number of carbonyl (C=O) groups is 2. The van der Waals surface area contributed by atoms with E-state index in [0.717, 1.165) is 12.8 Å². The van der Waals surface area contributed by atoms with Crippen molar-refractivity contribution >= 4 is 11.9 Å². The third-order valence-corrected chi connectivity index (χ3v) is 3.70. The van der Waals surface area contributed by atoms with Crippen LogP contribution in [0.2, 0.25) is 0 Å². The van der Waals surface area contributed by atoms with Crippen molar-refractivity contribution < 1.29 is 29.0 Å². The average molecular weight is 370 g/mol. The fourth-order valence-corrected chi connectivity index (χ4v) is 2.53.